The first-order valence-electron chi connectivity index (χ1n) is 7.45. The van der Waals surface area contributed by atoms with E-state index in [9.17, 15) is 9.59 Å². The number of carbonyl (C=O) groups is 2. The fraction of sp³-hybridized carbons (Fsp3) is 0.167. The second-order valence-electron chi connectivity index (χ2n) is 5.47. The van der Waals surface area contributed by atoms with Gasteiger partial charge in [0, 0.05) is 6.20 Å². The molecule has 0 unspecified atom stereocenters. The number of benzene rings is 1. The smallest absolute Gasteiger partial charge is 0.339 e. The molecular formula is C18H17N3O3. The number of nitrogens with one attached hydrogen (secondary N) is 1. The molecule has 6 heteroatoms. The Morgan fingerprint density at radius 2 is 1.92 bits per heavy atom. The van der Waals surface area contributed by atoms with Crippen LogP contribution in [-0.4, -0.2) is 28.4 Å². The van der Waals surface area contributed by atoms with Gasteiger partial charge in [-0.1, -0.05) is 12.1 Å². The van der Waals surface area contributed by atoms with Gasteiger partial charge in [-0.3, -0.25) is 9.20 Å². The van der Waals surface area contributed by atoms with E-state index in [1.165, 1.54) is 7.11 Å². The van der Waals surface area contributed by atoms with E-state index >= 15 is 0 Å². The van der Waals surface area contributed by atoms with Crippen molar-refractivity contribution in [2.45, 2.75) is 13.8 Å². The van der Waals surface area contributed by atoms with Crippen LogP contribution in [0.3, 0.4) is 0 Å². The van der Waals surface area contributed by atoms with Gasteiger partial charge in [-0.05, 0) is 43.7 Å². The van der Waals surface area contributed by atoms with Crippen LogP contribution in [0.5, 0.6) is 0 Å². The van der Waals surface area contributed by atoms with Gasteiger partial charge in [0.2, 0.25) is 0 Å². The highest BCUT2D eigenvalue weighted by Gasteiger charge is 2.19. The topological polar surface area (TPSA) is 72.7 Å². The number of hydrogen-bond acceptors (Lipinski definition) is 4. The lowest BCUT2D eigenvalue weighted by atomic mass is 10.1. The predicted octanol–water partition coefficient (Wildman–Crippen LogP) is 2.99. The summed E-state index contributed by atoms with van der Waals surface area (Å²) in [6.07, 6.45) is 1.81. The van der Waals surface area contributed by atoms with E-state index in [0.717, 1.165) is 5.56 Å². The minimum atomic E-state index is -0.503. The number of ether oxygens (including phenoxy) is 1. The van der Waals surface area contributed by atoms with Gasteiger partial charge in [-0.15, -0.1) is 0 Å². The Hall–Kier alpha value is -3.15. The summed E-state index contributed by atoms with van der Waals surface area (Å²) in [4.78, 5) is 29.0. The number of anilines is 1. The quantitative estimate of drug-likeness (QED) is 0.752. The number of amides is 1. The van der Waals surface area contributed by atoms with Crippen LogP contribution in [0, 0.1) is 13.8 Å². The highest BCUT2D eigenvalue weighted by Crippen LogP contribution is 2.19. The summed E-state index contributed by atoms with van der Waals surface area (Å²) in [6, 6.07) is 10.5. The van der Waals surface area contributed by atoms with Gasteiger partial charge in [0.1, 0.15) is 11.3 Å². The zero-order valence-corrected chi connectivity index (χ0v) is 13.7. The Morgan fingerprint density at radius 1 is 1.17 bits per heavy atom. The van der Waals surface area contributed by atoms with Gasteiger partial charge in [0.05, 0.1) is 24.1 Å². The first-order chi connectivity index (χ1) is 11.5. The Balaban J connectivity index is 2.00. The lowest BCUT2D eigenvalue weighted by Gasteiger charge is -2.10. The van der Waals surface area contributed by atoms with Crippen molar-refractivity contribution in [2.24, 2.45) is 0 Å². The Kier molecular flexibility index (Phi) is 4.04. The molecule has 6 nitrogen and oxygen atoms in total. The lowest BCUT2D eigenvalue weighted by molar-refractivity contribution is 0.0602. The number of rotatable bonds is 3. The van der Waals surface area contributed by atoms with Crippen LogP contribution < -0.4 is 5.32 Å². The fourth-order valence-electron chi connectivity index (χ4n) is 2.60. The number of para-hydroxylation sites is 1. The highest BCUT2D eigenvalue weighted by atomic mass is 16.5. The fourth-order valence-corrected chi connectivity index (χ4v) is 2.60. The van der Waals surface area contributed by atoms with E-state index < -0.39 is 5.97 Å². The second kappa shape index (κ2) is 6.16. The van der Waals surface area contributed by atoms with Crippen molar-refractivity contribution in [2.75, 3.05) is 12.4 Å². The van der Waals surface area contributed by atoms with E-state index in [1.807, 2.05) is 25.3 Å². The summed E-state index contributed by atoms with van der Waals surface area (Å²) >= 11 is 0. The van der Waals surface area contributed by atoms with Gasteiger partial charge in [-0.2, -0.15) is 0 Å². The van der Waals surface area contributed by atoms with E-state index in [0.29, 0.717) is 28.3 Å². The van der Waals surface area contributed by atoms with Crippen molar-refractivity contribution in [3.63, 3.8) is 0 Å². The predicted molar refractivity (Wildman–Crippen MR) is 90.4 cm³/mol. The summed E-state index contributed by atoms with van der Waals surface area (Å²) in [5.74, 6) is -0.836. The van der Waals surface area contributed by atoms with Gasteiger partial charge in [0.15, 0.2) is 0 Å². The SMILES string of the molecule is COC(=O)c1ccccc1NC(=O)c1c(C)nc2cc(C)ccn12. The Labute approximate surface area is 139 Å². The molecule has 1 N–H and O–H groups in total. The first-order valence-corrected chi connectivity index (χ1v) is 7.45. The van der Waals surface area contributed by atoms with Crippen LogP contribution in [0.2, 0.25) is 0 Å². The maximum Gasteiger partial charge on any atom is 0.339 e. The number of imidazole rings is 1. The Bertz CT molecular complexity index is 944. The molecule has 0 saturated heterocycles. The van der Waals surface area contributed by atoms with Crippen LogP contribution in [0.1, 0.15) is 32.1 Å². The first kappa shape index (κ1) is 15.7. The van der Waals surface area contributed by atoms with E-state index in [2.05, 4.69) is 10.3 Å². The third-order valence-electron chi connectivity index (χ3n) is 3.75. The lowest BCUT2D eigenvalue weighted by Crippen LogP contribution is -2.18. The number of aryl methyl sites for hydroxylation is 2. The summed E-state index contributed by atoms with van der Waals surface area (Å²) in [7, 11) is 1.30. The number of methoxy groups -OCH3 is 1. The maximum absolute atomic E-state index is 12.7. The van der Waals surface area contributed by atoms with E-state index in [1.54, 1.807) is 35.6 Å². The number of hydrogen-bond donors (Lipinski definition) is 1. The van der Waals surface area contributed by atoms with E-state index in [4.69, 9.17) is 4.74 Å². The van der Waals surface area contributed by atoms with Crippen LogP contribution >= 0.6 is 0 Å². The molecule has 1 amide bonds. The van der Waals surface area contributed by atoms with Crippen molar-refractivity contribution in [3.05, 3.63) is 65.1 Å². The standard InChI is InChI=1S/C18H17N3O3/c1-11-8-9-21-15(10-11)19-12(2)16(21)17(22)20-14-7-5-4-6-13(14)18(23)24-3/h4-10H,1-3H3,(H,20,22). The molecule has 1 aromatic carbocycles. The molecule has 0 atom stereocenters. The number of carbonyl (C=O) groups excluding carboxylic acids is 2. The summed E-state index contributed by atoms with van der Waals surface area (Å²) in [6.45, 7) is 3.75. The van der Waals surface area contributed by atoms with Crippen molar-refractivity contribution in [3.8, 4) is 0 Å². The Morgan fingerprint density at radius 3 is 2.67 bits per heavy atom. The summed E-state index contributed by atoms with van der Waals surface area (Å²) < 4.78 is 6.48. The minimum Gasteiger partial charge on any atom is -0.465 e. The molecule has 0 aliphatic heterocycles. The average Bonchev–Trinajstić information content (AvgIpc) is 2.89. The zero-order valence-electron chi connectivity index (χ0n) is 13.7. The van der Waals surface area contributed by atoms with Crippen molar-refractivity contribution >= 4 is 23.2 Å². The van der Waals surface area contributed by atoms with Crippen molar-refractivity contribution in [1.29, 1.82) is 0 Å². The third-order valence-corrected chi connectivity index (χ3v) is 3.75. The molecule has 122 valence electrons. The maximum atomic E-state index is 12.7. The molecular weight excluding hydrogens is 306 g/mol. The van der Waals surface area contributed by atoms with Crippen molar-refractivity contribution in [1.82, 2.24) is 9.38 Å². The minimum absolute atomic E-state index is 0.302. The molecule has 0 spiro atoms. The molecule has 2 heterocycles. The van der Waals surface area contributed by atoms with Crippen molar-refractivity contribution < 1.29 is 14.3 Å². The van der Waals surface area contributed by atoms with Gasteiger partial charge in [-0.25, -0.2) is 9.78 Å². The van der Waals surface area contributed by atoms with Gasteiger partial charge < -0.3 is 10.1 Å². The monoisotopic (exact) mass is 323 g/mol. The van der Waals surface area contributed by atoms with Crippen LogP contribution in [0.15, 0.2) is 42.6 Å². The number of aromatic nitrogens is 2. The molecule has 3 aromatic rings. The average molecular weight is 323 g/mol. The molecule has 3 rings (SSSR count). The highest BCUT2D eigenvalue weighted by molar-refractivity contribution is 6.08. The number of pyridine rings is 1. The number of esters is 1. The molecule has 0 bridgehead atoms. The largest absolute Gasteiger partial charge is 0.465 e. The molecule has 0 aliphatic carbocycles. The molecule has 24 heavy (non-hydrogen) atoms. The van der Waals surface area contributed by atoms with E-state index in [-0.39, 0.29) is 5.91 Å². The molecule has 0 aliphatic rings. The van der Waals surface area contributed by atoms with Crippen LogP contribution in [0.4, 0.5) is 5.69 Å². The molecule has 0 saturated carbocycles. The van der Waals surface area contributed by atoms with Gasteiger partial charge >= 0.3 is 5.97 Å². The second-order valence-corrected chi connectivity index (χ2v) is 5.47. The third kappa shape index (κ3) is 2.74. The number of fused-ring (bicyclic) bond motifs is 1. The summed E-state index contributed by atoms with van der Waals surface area (Å²) in [5.41, 5.74) is 3.53. The molecule has 2 aromatic heterocycles. The summed E-state index contributed by atoms with van der Waals surface area (Å²) in [5, 5.41) is 2.78. The van der Waals surface area contributed by atoms with Crippen LogP contribution in [0.25, 0.3) is 5.65 Å². The molecule has 0 fully saturated rings. The van der Waals surface area contributed by atoms with Gasteiger partial charge in [0.25, 0.3) is 5.91 Å². The zero-order chi connectivity index (χ0) is 17.3. The number of nitrogens with zero attached hydrogens (tertiary/aromatic N) is 2. The normalized spacial score (nSPS) is 10.6. The van der Waals surface area contributed by atoms with Crippen LogP contribution in [-0.2, 0) is 4.74 Å². The molecule has 0 radical (unpaired) electrons.